The number of ether oxygens (including phenoxy) is 1. The van der Waals surface area contributed by atoms with E-state index < -0.39 is 5.97 Å². The second-order valence-corrected chi connectivity index (χ2v) is 7.38. The maximum atomic E-state index is 13.1. The summed E-state index contributed by atoms with van der Waals surface area (Å²) in [7, 11) is 0. The summed E-state index contributed by atoms with van der Waals surface area (Å²) in [6.07, 6.45) is 0. The molecular weight excluding hydrogens is 388 g/mol. The number of carbonyl (C=O) groups excluding carboxylic acids is 1. The molecule has 0 aliphatic carbocycles. The van der Waals surface area contributed by atoms with Gasteiger partial charge in [-0.25, -0.2) is 14.8 Å². The van der Waals surface area contributed by atoms with E-state index in [2.05, 4.69) is 0 Å². The molecule has 0 atom stereocenters. The molecule has 0 aliphatic heterocycles. The summed E-state index contributed by atoms with van der Waals surface area (Å²) in [5.41, 5.74) is 11.9. The second kappa shape index (κ2) is 7.57. The minimum Gasteiger partial charge on any atom is -0.457 e. The van der Waals surface area contributed by atoms with E-state index >= 15 is 0 Å². The number of para-hydroxylation sites is 2. The first kappa shape index (κ1) is 18.8. The van der Waals surface area contributed by atoms with E-state index in [4.69, 9.17) is 20.4 Å². The predicted octanol–water partition coefficient (Wildman–Crippen LogP) is 4.82. The van der Waals surface area contributed by atoms with Gasteiger partial charge in [-0.2, -0.15) is 0 Å². The van der Waals surface area contributed by atoms with Gasteiger partial charge in [0.2, 0.25) is 0 Å². The zero-order valence-corrected chi connectivity index (χ0v) is 16.9. The molecule has 5 aromatic rings. The molecule has 0 saturated heterocycles. The van der Waals surface area contributed by atoms with Gasteiger partial charge in [-0.05, 0) is 36.8 Å². The number of nitrogens with zero attached hydrogens (tertiary/aromatic N) is 3. The summed E-state index contributed by atoms with van der Waals surface area (Å²) in [6.45, 7) is 2.16. The van der Waals surface area contributed by atoms with Gasteiger partial charge >= 0.3 is 5.97 Å². The van der Waals surface area contributed by atoms with Crippen LogP contribution in [-0.4, -0.2) is 20.5 Å². The first-order valence-electron chi connectivity index (χ1n) is 9.96. The van der Waals surface area contributed by atoms with Crippen molar-refractivity contribution >= 4 is 34.0 Å². The highest BCUT2D eigenvalue weighted by Gasteiger charge is 2.26. The van der Waals surface area contributed by atoms with E-state index in [0.29, 0.717) is 16.7 Å². The number of benzene rings is 3. The van der Waals surface area contributed by atoms with Crippen LogP contribution in [0.4, 0.5) is 5.82 Å². The number of hydrogen-bond donors (Lipinski definition) is 1. The number of rotatable bonds is 4. The van der Waals surface area contributed by atoms with Gasteiger partial charge in [0.05, 0.1) is 11.0 Å². The molecule has 6 heteroatoms. The van der Waals surface area contributed by atoms with Crippen molar-refractivity contribution in [2.75, 3.05) is 5.73 Å². The highest BCUT2D eigenvalue weighted by molar-refractivity contribution is 6.09. The summed E-state index contributed by atoms with van der Waals surface area (Å²) < 4.78 is 7.34. The number of fused-ring (bicyclic) bond motifs is 2. The van der Waals surface area contributed by atoms with Gasteiger partial charge in [0, 0.05) is 5.69 Å². The molecule has 152 valence electrons. The normalized spacial score (nSPS) is 11.1. The van der Waals surface area contributed by atoms with Crippen molar-refractivity contribution in [3.05, 3.63) is 95.6 Å². The van der Waals surface area contributed by atoms with Crippen LogP contribution in [0, 0.1) is 6.92 Å². The van der Waals surface area contributed by atoms with Crippen molar-refractivity contribution in [3.63, 3.8) is 0 Å². The first-order valence-corrected chi connectivity index (χ1v) is 9.96. The number of anilines is 1. The van der Waals surface area contributed by atoms with E-state index in [9.17, 15) is 4.79 Å². The van der Waals surface area contributed by atoms with Gasteiger partial charge in [-0.15, -0.1) is 0 Å². The van der Waals surface area contributed by atoms with E-state index in [0.717, 1.165) is 22.3 Å². The Morgan fingerprint density at radius 1 is 0.903 bits per heavy atom. The Labute approximate surface area is 178 Å². The molecule has 0 amide bonds. The fraction of sp³-hybridized carbons (Fsp3) is 0.0800. The van der Waals surface area contributed by atoms with Crippen molar-refractivity contribution < 1.29 is 9.53 Å². The molecule has 3 aromatic carbocycles. The molecule has 0 fully saturated rings. The van der Waals surface area contributed by atoms with Gasteiger partial charge in [0.15, 0.2) is 5.65 Å². The van der Waals surface area contributed by atoms with Crippen LogP contribution >= 0.6 is 0 Å². The first-order chi connectivity index (χ1) is 15.1. The third-order valence-electron chi connectivity index (χ3n) is 5.21. The Balaban J connectivity index is 1.67. The number of carbonyl (C=O) groups is 1. The van der Waals surface area contributed by atoms with Gasteiger partial charge in [-0.1, -0.05) is 60.2 Å². The third-order valence-corrected chi connectivity index (χ3v) is 5.21. The van der Waals surface area contributed by atoms with E-state index in [-0.39, 0.29) is 18.0 Å². The van der Waals surface area contributed by atoms with Crippen LogP contribution in [-0.2, 0) is 11.3 Å². The molecule has 5 rings (SSSR count). The number of aromatic nitrogens is 3. The molecular formula is C25H20N4O2. The summed E-state index contributed by atoms with van der Waals surface area (Å²) in [5, 5.41) is 0. The SMILES string of the molecule is Cc1ccc(-n2c(N)c(C(=O)OCc3ccccc3)c3nc4ccccc4nc32)cc1. The van der Waals surface area contributed by atoms with Crippen LogP contribution in [0.1, 0.15) is 21.5 Å². The number of hydrogen-bond acceptors (Lipinski definition) is 5. The van der Waals surface area contributed by atoms with Crippen LogP contribution in [0.25, 0.3) is 27.9 Å². The third kappa shape index (κ3) is 3.38. The smallest absolute Gasteiger partial charge is 0.344 e. The Hall–Kier alpha value is -4.19. The van der Waals surface area contributed by atoms with Crippen LogP contribution in [0.15, 0.2) is 78.9 Å². The minimum absolute atomic E-state index is 0.150. The topological polar surface area (TPSA) is 83.0 Å². The van der Waals surface area contributed by atoms with Crippen molar-refractivity contribution in [1.82, 2.24) is 14.5 Å². The average molecular weight is 408 g/mol. The fourth-order valence-corrected chi connectivity index (χ4v) is 3.61. The quantitative estimate of drug-likeness (QED) is 0.431. The zero-order valence-electron chi connectivity index (χ0n) is 16.9. The van der Waals surface area contributed by atoms with Gasteiger partial charge < -0.3 is 10.5 Å². The maximum Gasteiger partial charge on any atom is 0.344 e. The summed E-state index contributed by atoms with van der Waals surface area (Å²) >= 11 is 0. The van der Waals surface area contributed by atoms with Crippen molar-refractivity contribution in [2.45, 2.75) is 13.5 Å². The molecule has 2 N–H and O–H groups in total. The molecule has 31 heavy (non-hydrogen) atoms. The fourth-order valence-electron chi connectivity index (χ4n) is 3.61. The largest absolute Gasteiger partial charge is 0.457 e. The molecule has 6 nitrogen and oxygen atoms in total. The zero-order chi connectivity index (χ0) is 21.4. The van der Waals surface area contributed by atoms with Gasteiger partial charge in [-0.3, -0.25) is 4.57 Å². The lowest BCUT2D eigenvalue weighted by Crippen LogP contribution is -2.09. The lowest BCUT2D eigenvalue weighted by atomic mass is 10.2. The molecule has 2 aromatic heterocycles. The maximum absolute atomic E-state index is 13.1. The Morgan fingerprint density at radius 2 is 1.55 bits per heavy atom. The van der Waals surface area contributed by atoms with Crippen LogP contribution in [0.5, 0.6) is 0 Å². The van der Waals surface area contributed by atoms with Crippen molar-refractivity contribution in [3.8, 4) is 5.69 Å². The lowest BCUT2D eigenvalue weighted by molar-refractivity contribution is 0.0476. The predicted molar refractivity (Wildman–Crippen MR) is 121 cm³/mol. The van der Waals surface area contributed by atoms with Crippen molar-refractivity contribution in [1.29, 1.82) is 0 Å². The molecule has 2 heterocycles. The summed E-state index contributed by atoms with van der Waals surface area (Å²) in [5.74, 6) is -0.269. The van der Waals surface area contributed by atoms with E-state index in [1.54, 1.807) is 4.57 Å². The van der Waals surface area contributed by atoms with Crippen LogP contribution in [0.2, 0.25) is 0 Å². The van der Waals surface area contributed by atoms with Gasteiger partial charge in [0.25, 0.3) is 0 Å². The number of aryl methyl sites for hydroxylation is 1. The van der Waals surface area contributed by atoms with Crippen LogP contribution in [0.3, 0.4) is 0 Å². The molecule has 0 saturated carbocycles. The average Bonchev–Trinajstić information content (AvgIpc) is 3.08. The minimum atomic E-state index is -0.526. The lowest BCUT2D eigenvalue weighted by Gasteiger charge is -2.08. The number of esters is 1. The standard InChI is InChI=1S/C25H20N4O2/c1-16-11-13-18(14-12-16)29-23(26)21(25(30)31-15-17-7-3-2-4-8-17)22-24(29)28-20-10-6-5-9-19(20)27-22/h2-14H,15,26H2,1H3. The molecule has 0 spiro atoms. The molecule has 0 aliphatic rings. The number of nitrogens with two attached hydrogens (primary N) is 1. The highest BCUT2D eigenvalue weighted by Crippen LogP contribution is 2.31. The molecule has 0 bridgehead atoms. The highest BCUT2D eigenvalue weighted by atomic mass is 16.5. The molecule has 0 unspecified atom stereocenters. The van der Waals surface area contributed by atoms with Gasteiger partial charge in [0.1, 0.15) is 23.5 Å². The van der Waals surface area contributed by atoms with Crippen LogP contribution < -0.4 is 5.73 Å². The Kier molecular flexibility index (Phi) is 4.59. The summed E-state index contributed by atoms with van der Waals surface area (Å²) in [4.78, 5) is 22.6. The Bertz CT molecular complexity index is 1410. The summed E-state index contributed by atoms with van der Waals surface area (Å²) in [6, 6.07) is 24.9. The van der Waals surface area contributed by atoms with E-state index in [1.165, 1.54) is 0 Å². The monoisotopic (exact) mass is 408 g/mol. The Morgan fingerprint density at radius 3 is 2.26 bits per heavy atom. The molecule has 0 radical (unpaired) electrons. The van der Waals surface area contributed by atoms with E-state index in [1.807, 2.05) is 85.8 Å². The van der Waals surface area contributed by atoms with Crippen molar-refractivity contribution in [2.24, 2.45) is 0 Å². The number of nitrogen functional groups attached to an aromatic ring is 1. The second-order valence-electron chi connectivity index (χ2n) is 7.38.